The number of rotatable bonds is 4. The molecule has 0 heterocycles. The summed E-state index contributed by atoms with van der Waals surface area (Å²) in [5.74, 6) is 0.627. The largest absolute Gasteiger partial charge is 0.483 e. The first-order chi connectivity index (χ1) is 10.8. The molecule has 0 atom stereocenters. The second-order valence-corrected chi connectivity index (χ2v) is 6.89. The van der Waals surface area contributed by atoms with Crippen molar-refractivity contribution in [1.29, 1.82) is 0 Å². The van der Waals surface area contributed by atoms with Crippen LogP contribution in [0.4, 0.5) is 5.69 Å². The second kappa shape index (κ2) is 6.86. The summed E-state index contributed by atoms with van der Waals surface area (Å²) in [4.78, 5) is 12.1. The highest BCUT2D eigenvalue weighted by molar-refractivity contribution is 5.91. The van der Waals surface area contributed by atoms with Crippen LogP contribution in [0.25, 0.3) is 0 Å². The van der Waals surface area contributed by atoms with Gasteiger partial charge in [0.1, 0.15) is 5.75 Å². The Balaban J connectivity index is 1.95. The molecule has 3 heteroatoms. The van der Waals surface area contributed by atoms with Gasteiger partial charge in [0.25, 0.3) is 5.91 Å². The van der Waals surface area contributed by atoms with Gasteiger partial charge < -0.3 is 10.1 Å². The van der Waals surface area contributed by atoms with Crippen molar-refractivity contribution in [3.63, 3.8) is 0 Å². The van der Waals surface area contributed by atoms with Crippen LogP contribution < -0.4 is 10.1 Å². The molecule has 0 saturated carbocycles. The lowest BCUT2D eigenvalue weighted by atomic mass is 9.87. The fraction of sp³-hybridized carbons (Fsp3) is 0.350. The van der Waals surface area contributed by atoms with Crippen LogP contribution >= 0.6 is 0 Å². The summed E-state index contributed by atoms with van der Waals surface area (Å²) in [5.41, 5.74) is 4.20. The number of carbonyl (C=O) groups is 1. The number of hydrogen-bond acceptors (Lipinski definition) is 2. The lowest BCUT2D eigenvalue weighted by molar-refractivity contribution is -0.118. The minimum atomic E-state index is -0.156. The number of benzene rings is 2. The third-order valence-electron chi connectivity index (χ3n) is 3.79. The zero-order chi connectivity index (χ0) is 17.0. The summed E-state index contributed by atoms with van der Waals surface area (Å²) in [5, 5.41) is 2.87. The number of hydrogen-bond donors (Lipinski definition) is 1. The van der Waals surface area contributed by atoms with Crippen molar-refractivity contribution in [3.8, 4) is 5.75 Å². The monoisotopic (exact) mass is 311 g/mol. The molecule has 0 unspecified atom stereocenters. The van der Waals surface area contributed by atoms with E-state index >= 15 is 0 Å². The summed E-state index contributed by atoms with van der Waals surface area (Å²) < 4.78 is 5.67. The first kappa shape index (κ1) is 17.1. The van der Waals surface area contributed by atoms with E-state index in [2.05, 4.69) is 26.1 Å². The fourth-order valence-electron chi connectivity index (χ4n) is 2.42. The molecule has 0 aliphatic heterocycles. The van der Waals surface area contributed by atoms with E-state index in [-0.39, 0.29) is 17.9 Å². The van der Waals surface area contributed by atoms with Gasteiger partial charge in [-0.15, -0.1) is 0 Å². The number of amides is 1. The number of aryl methyl sites for hydroxylation is 2. The zero-order valence-corrected chi connectivity index (χ0v) is 14.6. The van der Waals surface area contributed by atoms with E-state index in [0.717, 1.165) is 22.6 Å². The highest BCUT2D eigenvalue weighted by Gasteiger charge is 2.13. The Kier molecular flexibility index (Phi) is 5.09. The van der Waals surface area contributed by atoms with Gasteiger partial charge in [0.2, 0.25) is 0 Å². The number of nitrogens with one attached hydrogen (secondary N) is 1. The van der Waals surface area contributed by atoms with E-state index in [4.69, 9.17) is 4.74 Å². The van der Waals surface area contributed by atoms with Gasteiger partial charge in [0.05, 0.1) is 0 Å². The third-order valence-corrected chi connectivity index (χ3v) is 3.79. The molecule has 0 aliphatic carbocycles. The maximum Gasteiger partial charge on any atom is 0.262 e. The van der Waals surface area contributed by atoms with Gasteiger partial charge in [-0.05, 0) is 48.1 Å². The van der Waals surface area contributed by atoms with Gasteiger partial charge in [-0.2, -0.15) is 0 Å². The van der Waals surface area contributed by atoms with Gasteiger partial charge in [0, 0.05) is 5.69 Å². The van der Waals surface area contributed by atoms with Gasteiger partial charge in [0.15, 0.2) is 6.61 Å². The molecule has 1 N–H and O–H groups in total. The van der Waals surface area contributed by atoms with Crippen LogP contribution in [0.2, 0.25) is 0 Å². The van der Waals surface area contributed by atoms with E-state index < -0.39 is 0 Å². The molecule has 0 fully saturated rings. The highest BCUT2D eigenvalue weighted by atomic mass is 16.5. The van der Waals surface area contributed by atoms with E-state index in [1.165, 1.54) is 5.56 Å². The van der Waals surface area contributed by atoms with Gasteiger partial charge >= 0.3 is 0 Å². The predicted octanol–water partition coefficient (Wildman–Crippen LogP) is 4.62. The molecule has 0 spiro atoms. The molecule has 3 nitrogen and oxygen atoms in total. The van der Waals surface area contributed by atoms with Crippen molar-refractivity contribution in [2.45, 2.75) is 40.0 Å². The first-order valence-corrected chi connectivity index (χ1v) is 7.87. The number of anilines is 1. The normalized spacial score (nSPS) is 11.2. The van der Waals surface area contributed by atoms with Crippen LogP contribution in [0, 0.1) is 13.8 Å². The molecule has 122 valence electrons. The third kappa shape index (κ3) is 4.59. The van der Waals surface area contributed by atoms with Crippen molar-refractivity contribution >= 4 is 11.6 Å². The molecule has 2 aromatic rings. The first-order valence-electron chi connectivity index (χ1n) is 7.87. The standard InChI is InChI=1S/C20H25NO2/c1-14-7-6-8-15(2)19(14)23-13-18(22)21-17-11-9-16(10-12-17)20(3,4)5/h6-12H,13H2,1-5H3,(H,21,22). The average molecular weight is 311 g/mol. The Hall–Kier alpha value is -2.29. The summed E-state index contributed by atoms with van der Waals surface area (Å²) in [6.07, 6.45) is 0. The van der Waals surface area contributed by atoms with Gasteiger partial charge in [-0.25, -0.2) is 0 Å². The quantitative estimate of drug-likeness (QED) is 0.895. The molecule has 2 aromatic carbocycles. The summed E-state index contributed by atoms with van der Waals surface area (Å²) in [6.45, 7) is 10.5. The second-order valence-electron chi connectivity index (χ2n) is 6.89. The summed E-state index contributed by atoms with van der Waals surface area (Å²) >= 11 is 0. The van der Waals surface area contributed by atoms with E-state index in [1.54, 1.807) is 0 Å². The van der Waals surface area contributed by atoms with Crippen LogP contribution in [0.1, 0.15) is 37.5 Å². The van der Waals surface area contributed by atoms with Crippen molar-refractivity contribution in [3.05, 3.63) is 59.2 Å². The maximum absolute atomic E-state index is 12.1. The Morgan fingerprint density at radius 1 is 1.00 bits per heavy atom. The molecule has 0 radical (unpaired) electrons. The Morgan fingerprint density at radius 2 is 1.57 bits per heavy atom. The molecule has 23 heavy (non-hydrogen) atoms. The number of carbonyl (C=O) groups excluding carboxylic acids is 1. The molecule has 0 aliphatic rings. The van der Waals surface area contributed by atoms with Gasteiger partial charge in [-0.3, -0.25) is 4.79 Å². The van der Waals surface area contributed by atoms with E-state index in [0.29, 0.717) is 0 Å². The topological polar surface area (TPSA) is 38.3 Å². The van der Waals surface area contributed by atoms with Gasteiger partial charge in [-0.1, -0.05) is 51.1 Å². The lowest BCUT2D eigenvalue weighted by Gasteiger charge is -2.19. The Bertz CT molecular complexity index is 662. The molecular weight excluding hydrogens is 286 g/mol. The molecule has 2 rings (SSSR count). The molecule has 0 aromatic heterocycles. The molecule has 0 saturated heterocycles. The Labute approximate surface area is 138 Å². The highest BCUT2D eigenvalue weighted by Crippen LogP contribution is 2.24. The van der Waals surface area contributed by atoms with Crippen molar-refractivity contribution in [2.24, 2.45) is 0 Å². The Morgan fingerprint density at radius 3 is 2.09 bits per heavy atom. The SMILES string of the molecule is Cc1cccc(C)c1OCC(=O)Nc1ccc(C(C)(C)C)cc1. The van der Waals surface area contributed by atoms with Crippen LogP contribution in [-0.4, -0.2) is 12.5 Å². The number of ether oxygens (including phenoxy) is 1. The predicted molar refractivity (Wildman–Crippen MR) is 95.2 cm³/mol. The minimum absolute atomic E-state index is 0.00666. The van der Waals surface area contributed by atoms with Crippen LogP contribution in [0.5, 0.6) is 5.75 Å². The summed E-state index contributed by atoms with van der Waals surface area (Å²) in [6, 6.07) is 13.9. The van der Waals surface area contributed by atoms with E-state index in [1.807, 2.05) is 56.3 Å². The fourth-order valence-corrected chi connectivity index (χ4v) is 2.42. The van der Waals surface area contributed by atoms with Crippen molar-refractivity contribution in [1.82, 2.24) is 0 Å². The minimum Gasteiger partial charge on any atom is -0.483 e. The van der Waals surface area contributed by atoms with Crippen molar-refractivity contribution < 1.29 is 9.53 Å². The van der Waals surface area contributed by atoms with E-state index in [9.17, 15) is 4.79 Å². The molecular formula is C20H25NO2. The van der Waals surface area contributed by atoms with Crippen LogP contribution in [-0.2, 0) is 10.2 Å². The van der Waals surface area contributed by atoms with Crippen LogP contribution in [0.3, 0.4) is 0 Å². The summed E-state index contributed by atoms with van der Waals surface area (Å²) in [7, 11) is 0. The smallest absolute Gasteiger partial charge is 0.262 e. The molecule has 1 amide bonds. The zero-order valence-electron chi connectivity index (χ0n) is 14.6. The maximum atomic E-state index is 12.1. The lowest BCUT2D eigenvalue weighted by Crippen LogP contribution is -2.21. The van der Waals surface area contributed by atoms with Crippen molar-refractivity contribution in [2.75, 3.05) is 11.9 Å². The van der Waals surface area contributed by atoms with Crippen LogP contribution in [0.15, 0.2) is 42.5 Å². The molecule has 0 bridgehead atoms. The number of para-hydroxylation sites is 1. The average Bonchev–Trinajstić information content (AvgIpc) is 2.46.